The molecule has 1 fully saturated rings. The van der Waals surface area contributed by atoms with Gasteiger partial charge in [-0.2, -0.15) is 0 Å². The summed E-state index contributed by atoms with van der Waals surface area (Å²) in [6.07, 6.45) is 0. The molecule has 1 aliphatic heterocycles. The van der Waals surface area contributed by atoms with Crippen molar-refractivity contribution < 1.29 is 13.2 Å². The van der Waals surface area contributed by atoms with Gasteiger partial charge >= 0.3 is 0 Å². The summed E-state index contributed by atoms with van der Waals surface area (Å²) in [6, 6.07) is 6.75. The molecule has 1 amide bonds. The van der Waals surface area contributed by atoms with E-state index >= 15 is 0 Å². The molecule has 0 bridgehead atoms. The highest BCUT2D eigenvalue weighted by Crippen LogP contribution is 2.15. The van der Waals surface area contributed by atoms with Crippen molar-refractivity contribution in [3.63, 3.8) is 0 Å². The number of nitrogens with zero attached hydrogens (tertiary/aromatic N) is 1. The third-order valence-corrected chi connectivity index (χ3v) is 5.44. The number of hydrogen-bond donors (Lipinski definition) is 1. The van der Waals surface area contributed by atoms with Crippen LogP contribution in [0.4, 0.5) is 0 Å². The Balaban J connectivity index is 2.17. The highest BCUT2D eigenvalue weighted by molar-refractivity contribution is 7.91. The normalized spacial score (nSPS) is 23.1. The summed E-state index contributed by atoms with van der Waals surface area (Å²) in [5.41, 5.74) is 0.534. The third-order valence-electron chi connectivity index (χ3n) is 3.69. The van der Waals surface area contributed by atoms with E-state index in [1.165, 1.54) is 12.1 Å². The van der Waals surface area contributed by atoms with Crippen LogP contribution in [0.3, 0.4) is 0 Å². The molecule has 5 nitrogen and oxygen atoms in total. The molecule has 0 radical (unpaired) electrons. The predicted molar refractivity (Wildman–Crippen MR) is 82.1 cm³/mol. The van der Waals surface area contributed by atoms with E-state index in [2.05, 4.69) is 5.32 Å². The molecule has 0 spiro atoms. The average molecular weight is 310 g/mol. The van der Waals surface area contributed by atoms with Gasteiger partial charge in [0.1, 0.15) is 0 Å². The van der Waals surface area contributed by atoms with E-state index in [1.807, 2.05) is 18.7 Å². The molecule has 0 saturated carbocycles. The smallest absolute Gasteiger partial charge is 0.253 e. The Hall–Kier alpha value is -1.40. The highest BCUT2D eigenvalue weighted by Gasteiger charge is 2.25. The van der Waals surface area contributed by atoms with E-state index in [-0.39, 0.29) is 28.6 Å². The molecule has 1 saturated heterocycles. The van der Waals surface area contributed by atoms with Crippen LogP contribution in [0.25, 0.3) is 0 Å². The molecule has 2 rings (SSSR count). The lowest BCUT2D eigenvalue weighted by Crippen LogP contribution is -2.55. The fraction of sp³-hybridized carbons (Fsp3) is 0.533. The van der Waals surface area contributed by atoms with Crippen LogP contribution in [-0.4, -0.2) is 50.2 Å². The Morgan fingerprint density at radius 1 is 1.19 bits per heavy atom. The zero-order valence-electron chi connectivity index (χ0n) is 12.7. The van der Waals surface area contributed by atoms with E-state index in [1.54, 1.807) is 19.1 Å². The Kier molecular flexibility index (Phi) is 4.68. The Morgan fingerprint density at radius 3 is 2.19 bits per heavy atom. The van der Waals surface area contributed by atoms with Crippen molar-refractivity contribution in [1.29, 1.82) is 0 Å². The van der Waals surface area contributed by atoms with Crippen molar-refractivity contribution in [1.82, 2.24) is 10.2 Å². The van der Waals surface area contributed by atoms with Gasteiger partial charge in [-0.25, -0.2) is 8.42 Å². The number of sulfone groups is 1. The quantitative estimate of drug-likeness (QED) is 0.914. The third kappa shape index (κ3) is 3.63. The number of benzene rings is 1. The van der Waals surface area contributed by atoms with Gasteiger partial charge in [0.2, 0.25) is 0 Å². The maximum Gasteiger partial charge on any atom is 0.253 e. The Bertz CT molecular complexity index is 600. The zero-order valence-corrected chi connectivity index (χ0v) is 13.5. The van der Waals surface area contributed by atoms with Crippen molar-refractivity contribution in [2.24, 2.45) is 0 Å². The van der Waals surface area contributed by atoms with Crippen molar-refractivity contribution in [2.75, 3.05) is 18.8 Å². The van der Waals surface area contributed by atoms with Crippen molar-refractivity contribution in [3.05, 3.63) is 29.8 Å². The van der Waals surface area contributed by atoms with Crippen LogP contribution < -0.4 is 5.32 Å². The van der Waals surface area contributed by atoms with Crippen LogP contribution in [0, 0.1) is 0 Å². The van der Waals surface area contributed by atoms with E-state index in [0.717, 1.165) is 0 Å². The minimum atomic E-state index is -3.22. The van der Waals surface area contributed by atoms with E-state index < -0.39 is 9.84 Å². The van der Waals surface area contributed by atoms with Crippen LogP contribution in [0.15, 0.2) is 29.2 Å². The van der Waals surface area contributed by atoms with Gasteiger partial charge in [0, 0.05) is 30.7 Å². The first-order chi connectivity index (χ1) is 9.83. The number of hydrogen-bond acceptors (Lipinski definition) is 4. The summed E-state index contributed by atoms with van der Waals surface area (Å²) in [6.45, 7) is 7.04. The van der Waals surface area contributed by atoms with Crippen LogP contribution in [0.5, 0.6) is 0 Å². The standard InChI is InChI=1S/C15H22N2O3S/c1-4-21(19,20)14-7-5-13(6-8-14)15(18)17-9-11(2)16-12(3)10-17/h5-8,11-12,16H,4,9-10H2,1-3H3/t11-,12-/m1/s1. The molecule has 116 valence electrons. The minimum Gasteiger partial charge on any atom is -0.336 e. The van der Waals surface area contributed by atoms with E-state index in [4.69, 9.17) is 0 Å². The molecule has 6 heteroatoms. The lowest BCUT2D eigenvalue weighted by atomic mass is 10.1. The second-order valence-corrected chi connectivity index (χ2v) is 7.88. The lowest BCUT2D eigenvalue weighted by Gasteiger charge is -2.36. The van der Waals surface area contributed by atoms with Gasteiger partial charge in [-0.3, -0.25) is 4.79 Å². The van der Waals surface area contributed by atoms with Crippen molar-refractivity contribution in [2.45, 2.75) is 37.8 Å². The first-order valence-electron chi connectivity index (χ1n) is 7.21. The van der Waals surface area contributed by atoms with Gasteiger partial charge in [-0.05, 0) is 38.1 Å². The van der Waals surface area contributed by atoms with Crippen molar-refractivity contribution in [3.8, 4) is 0 Å². The summed E-state index contributed by atoms with van der Waals surface area (Å²) in [5, 5.41) is 3.38. The monoisotopic (exact) mass is 310 g/mol. The SMILES string of the molecule is CCS(=O)(=O)c1ccc(C(=O)N2C[C@@H](C)N[C@H](C)C2)cc1. The summed E-state index contributed by atoms with van der Waals surface area (Å²) in [4.78, 5) is 14.6. The fourth-order valence-electron chi connectivity index (χ4n) is 2.65. The number of nitrogens with one attached hydrogen (secondary N) is 1. The molecule has 1 heterocycles. The lowest BCUT2D eigenvalue weighted by molar-refractivity contribution is 0.0673. The molecule has 1 aliphatic rings. The second kappa shape index (κ2) is 6.15. The van der Waals surface area contributed by atoms with Gasteiger partial charge in [0.15, 0.2) is 9.84 Å². The molecule has 0 unspecified atom stereocenters. The first kappa shape index (κ1) is 16.0. The maximum absolute atomic E-state index is 12.5. The molecule has 21 heavy (non-hydrogen) atoms. The molecule has 0 aromatic heterocycles. The summed E-state index contributed by atoms with van der Waals surface area (Å²) in [7, 11) is -3.22. The Morgan fingerprint density at radius 2 is 1.71 bits per heavy atom. The van der Waals surface area contributed by atoms with E-state index in [0.29, 0.717) is 18.7 Å². The fourth-order valence-corrected chi connectivity index (χ4v) is 3.53. The molecule has 1 aromatic carbocycles. The van der Waals surface area contributed by atoms with Gasteiger partial charge in [-0.15, -0.1) is 0 Å². The highest BCUT2D eigenvalue weighted by atomic mass is 32.2. The van der Waals surface area contributed by atoms with Crippen LogP contribution in [0.1, 0.15) is 31.1 Å². The molecule has 0 aliphatic carbocycles. The van der Waals surface area contributed by atoms with Crippen LogP contribution in [-0.2, 0) is 9.84 Å². The Labute approximate surface area is 126 Å². The summed E-state index contributed by atoms with van der Waals surface area (Å²) < 4.78 is 23.5. The van der Waals surface area contributed by atoms with Crippen molar-refractivity contribution >= 4 is 15.7 Å². The van der Waals surface area contributed by atoms with Gasteiger partial charge in [0.05, 0.1) is 10.6 Å². The zero-order chi connectivity index (χ0) is 15.6. The average Bonchev–Trinajstić information content (AvgIpc) is 2.45. The van der Waals surface area contributed by atoms with Gasteiger partial charge < -0.3 is 10.2 Å². The largest absolute Gasteiger partial charge is 0.336 e. The molecular weight excluding hydrogens is 288 g/mol. The van der Waals surface area contributed by atoms with Gasteiger partial charge in [0.25, 0.3) is 5.91 Å². The van der Waals surface area contributed by atoms with E-state index in [9.17, 15) is 13.2 Å². The van der Waals surface area contributed by atoms with Crippen LogP contribution in [0.2, 0.25) is 0 Å². The molecule has 1 N–H and O–H groups in total. The number of rotatable bonds is 3. The first-order valence-corrected chi connectivity index (χ1v) is 8.87. The molecular formula is C15H22N2O3S. The number of amides is 1. The second-order valence-electron chi connectivity index (χ2n) is 5.61. The number of carbonyl (C=O) groups excluding carboxylic acids is 1. The minimum absolute atomic E-state index is 0.0457. The molecule has 1 aromatic rings. The summed E-state index contributed by atoms with van der Waals surface area (Å²) in [5.74, 6) is 0.0169. The van der Waals surface area contributed by atoms with Gasteiger partial charge in [-0.1, -0.05) is 6.92 Å². The predicted octanol–water partition coefficient (Wildman–Crippen LogP) is 1.30. The number of carbonyl (C=O) groups is 1. The summed E-state index contributed by atoms with van der Waals surface area (Å²) >= 11 is 0. The number of piperazine rings is 1. The molecule has 2 atom stereocenters. The van der Waals surface area contributed by atoms with Crippen LogP contribution >= 0.6 is 0 Å². The topological polar surface area (TPSA) is 66.5 Å². The maximum atomic E-state index is 12.5.